The zero-order chi connectivity index (χ0) is 9.47. The van der Waals surface area contributed by atoms with E-state index in [0.29, 0.717) is 6.54 Å². The van der Waals surface area contributed by atoms with Gasteiger partial charge in [0.25, 0.3) is 0 Å². The maximum absolute atomic E-state index is 9.80. The Bertz CT molecular complexity index is 223. The fraction of sp³-hybridized carbons (Fsp3) is 0.800. The Labute approximate surface area is 78.5 Å². The van der Waals surface area contributed by atoms with Crippen LogP contribution in [0, 0.1) is 5.92 Å². The number of aliphatic hydroxyl groups excluding tert-OH is 2. The number of piperidine rings is 1. The Balaban J connectivity index is 2.15. The third-order valence-corrected chi connectivity index (χ3v) is 3.25. The molecule has 1 heterocycles. The molecule has 2 aliphatic rings. The minimum absolute atomic E-state index is 0.0845. The van der Waals surface area contributed by atoms with Gasteiger partial charge in [-0.3, -0.25) is 0 Å². The lowest BCUT2D eigenvalue weighted by molar-refractivity contribution is -0.0421. The molecular weight excluding hydrogens is 166 g/mol. The van der Waals surface area contributed by atoms with Crippen LogP contribution in [0.1, 0.15) is 19.8 Å². The van der Waals surface area contributed by atoms with Crippen LogP contribution in [-0.4, -0.2) is 34.5 Å². The summed E-state index contributed by atoms with van der Waals surface area (Å²) >= 11 is 0. The average Bonchev–Trinajstić information content (AvgIpc) is 2.88. The second kappa shape index (κ2) is 3.08. The van der Waals surface area contributed by atoms with Crippen LogP contribution in [0.3, 0.4) is 0 Å². The zero-order valence-corrected chi connectivity index (χ0v) is 7.90. The van der Waals surface area contributed by atoms with Crippen molar-refractivity contribution in [2.45, 2.75) is 37.5 Å². The van der Waals surface area contributed by atoms with Crippen molar-refractivity contribution in [2.24, 2.45) is 5.92 Å². The van der Waals surface area contributed by atoms with Crippen molar-refractivity contribution in [3.05, 3.63) is 12.2 Å². The van der Waals surface area contributed by atoms with Gasteiger partial charge in [-0.2, -0.15) is 0 Å². The van der Waals surface area contributed by atoms with E-state index in [9.17, 15) is 10.2 Å². The lowest BCUT2D eigenvalue weighted by Gasteiger charge is -2.38. The van der Waals surface area contributed by atoms with Crippen molar-refractivity contribution < 1.29 is 10.2 Å². The van der Waals surface area contributed by atoms with Crippen molar-refractivity contribution in [1.29, 1.82) is 0 Å². The number of β-amino-alcohol motifs (C(OH)–C–C–N with tert-alkyl or cyclic N) is 1. The molecule has 1 aliphatic carbocycles. The smallest absolute Gasteiger partial charge is 0.0929 e. The summed E-state index contributed by atoms with van der Waals surface area (Å²) in [6.07, 6.45) is 4.98. The maximum Gasteiger partial charge on any atom is 0.0929 e. The van der Waals surface area contributed by atoms with Crippen LogP contribution in [0.25, 0.3) is 0 Å². The number of hydrogen-bond acceptors (Lipinski definition) is 3. The topological polar surface area (TPSA) is 52.5 Å². The van der Waals surface area contributed by atoms with Crippen LogP contribution in [-0.2, 0) is 0 Å². The van der Waals surface area contributed by atoms with Crippen molar-refractivity contribution in [3.63, 3.8) is 0 Å². The summed E-state index contributed by atoms with van der Waals surface area (Å²) in [5.74, 6) is 0.0845. The minimum atomic E-state index is -0.618. The lowest BCUT2D eigenvalue weighted by Crippen LogP contribution is -2.57. The predicted octanol–water partition coefficient (Wildman–Crippen LogP) is 0.0363. The second-order valence-electron chi connectivity index (χ2n) is 4.15. The lowest BCUT2D eigenvalue weighted by atomic mass is 9.84. The van der Waals surface area contributed by atoms with Crippen molar-refractivity contribution in [1.82, 2.24) is 5.32 Å². The highest BCUT2D eigenvalue weighted by Gasteiger charge is 2.54. The third kappa shape index (κ3) is 1.41. The first-order valence-corrected chi connectivity index (χ1v) is 4.93. The van der Waals surface area contributed by atoms with Gasteiger partial charge in [0.15, 0.2) is 0 Å². The van der Waals surface area contributed by atoms with Gasteiger partial charge in [0.05, 0.1) is 12.2 Å². The molecule has 0 aromatic carbocycles. The Kier molecular flexibility index (Phi) is 2.18. The summed E-state index contributed by atoms with van der Waals surface area (Å²) in [6.45, 7) is 2.47. The SMILES string of the molecule is C/C=C/[C@@H]1[C@@H](O)[C@H](O)CNC12CC2. The van der Waals surface area contributed by atoms with Crippen LogP contribution in [0.5, 0.6) is 0 Å². The van der Waals surface area contributed by atoms with Gasteiger partial charge in [-0.1, -0.05) is 12.2 Å². The van der Waals surface area contributed by atoms with E-state index in [4.69, 9.17) is 0 Å². The molecule has 0 bridgehead atoms. The third-order valence-electron chi connectivity index (χ3n) is 3.25. The molecule has 3 nitrogen and oxygen atoms in total. The van der Waals surface area contributed by atoms with Crippen LogP contribution in [0.2, 0.25) is 0 Å². The van der Waals surface area contributed by atoms with E-state index in [-0.39, 0.29) is 11.5 Å². The van der Waals surface area contributed by atoms with Gasteiger partial charge in [0.2, 0.25) is 0 Å². The normalized spacial score (nSPS) is 42.8. The molecule has 1 saturated heterocycles. The van der Waals surface area contributed by atoms with Crippen LogP contribution >= 0.6 is 0 Å². The van der Waals surface area contributed by atoms with Crippen LogP contribution in [0.4, 0.5) is 0 Å². The fourth-order valence-electron chi connectivity index (χ4n) is 2.26. The van der Waals surface area contributed by atoms with Gasteiger partial charge < -0.3 is 15.5 Å². The van der Waals surface area contributed by atoms with E-state index in [1.165, 1.54) is 0 Å². The molecule has 0 aromatic heterocycles. The zero-order valence-electron chi connectivity index (χ0n) is 7.90. The largest absolute Gasteiger partial charge is 0.390 e. The van der Waals surface area contributed by atoms with Gasteiger partial charge >= 0.3 is 0 Å². The molecule has 3 atom stereocenters. The summed E-state index contributed by atoms with van der Waals surface area (Å²) in [5, 5.41) is 22.6. The fourth-order valence-corrected chi connectivity index (χ4v) is 2.26. The number of hydrogen-bond donors (Lipinski definition) is 3. The summed E-state index contributed by atoms with van der Waals surface area (Å²) in [7, 11) is 0. The van der Waals surface area contributed by atoms with Crippen molar-refractivity contribution >= 4 is 0 Å². The van der Waals surface area contributed by atoms with Crippen molar-refractivity contribution in [2.75, 3.05) is 6.54 Å². The van der Waals surface area contributed by atoms with E-state index in [1.807, 2.05) is 19.1 Å². The Morgan fingerprint density at radius 3 is 2.62 bits per heavy atom. The summed E-state index contributed by atoms with van der Waals surface area (Å²) in [4.78, 5) is 0. The molecule has 2 fully saturated rings. The first kappa shape index (κ1) is 9.19. The molecule has 1 spiro atoms. The van der Waals surface area contributed by atoms with E-state index in [1.54, 1.807) is 0 Å². The van der Waals surface area contributed by atoms with Gasteiger partial charge in [0.1, 0.15) is 0 Å². The quantitative estimate of drug-likeness (QED) is 0.503. The van der Waals surface area contributed by atoms with E-state index < -0.39 is 12.2 Å². The van der Waals surface area contributed by atoms with E-state index in [2.05, 4.69) is 5.32 Å². The molecular formula is C10H17NO2. The monoisotopic (exact) mass is 183 g/mol. The highest BCUT2D eigenvalue weighted by molar-refractivity contribution is 5.18. The molecule has 0 aromatic rings. The average molecular weight is 183 g/mol. The van der Waals surface area contributed by atoms with Crippen LogP contribution < -0.4 is 5.32 Å². The summed E-state index contributed by atoms with van der Waals surface area (Å²) < 4.78 is 0. The highest BCUT2D eigenvalue weighted by Crippen LogP contribution is 2.46. The molecule has 3 N–H and O–H groups in total. The first-order valence-electron chi connectivity index (χ1n) is 4.93. The Morgan fingerprint density at radius 1 is 1.38 bits per heavy atom. The number of rotatable bonds is 1. The van der Waals surface area contributed by atoms with Gasteiger partial charge in [-0.05, 0) is 19.8 Å². The molecule has 0 amide bonds. The van der Waals surface area contributed by atoms with Crippen molar-refractivity contribution in [3.8, 4) is 0 Å². The standard InChI is InChI=1S/C10H17NO2/c1-2-3-7-9(13)8(12)6-11-10(7)4-5-10/h2-3,7-9,11-13H,4-6H2,1H3/b3-2+/t7-,8-,9-/m1/s1. The molecule has 0 unspecified atom stereocenters. The molecule has 3 heteroatoms. The minimum Gasteiger partial charge on any atom is -0.390 e. The highest BCUT2D eigenvalue weighted by atomic mass is 16.3. The molecule has 1 saturated carbocycles. The maximum atomic E-state index is 9.80. The first-order chi connectivity index (χ1) is 6.19. The predicted molar refractivity (Wildman–Crippen MR) is 50.3 cm³/mol. The number of nitrogens with one attached hydrogen (secondary N) is 1. The van der Waals surface area contributed by atoms with Gasteiger partial charge in [-0.15, -0.1) is 0 Å². The van der Waals surface area contributed by atoms with E-state index >= 15 is 0 Å². The second-order valence-corrected chi connectivity index (χ2v) is 4.15. The summed E-state index contributed by atoms with van der Waals surface area (Å²) in [5.41, 5.74) is 0.102. The molecule has 0 radical (unpaired) electrons. The van der Waals surface area contributed by atoms with Gasteiger partial charge in [-0.25, -0.2) is 0 Å². The Morgan fingerprint density at radius 2 is 2.08 bits per heavy atom. The van der Waals surface area contributed by atoms with E-state index in [0.717, 1.165) is 12.8 Å². The molecule has 1 aliphatic heterocycles. The molecule has 13 heavy (non-hydrogen) atoms. The van der Waals surface area contributed by atoms with Crippen LogP contribution in [0.15, 0.2) is 12.2 Å². The number of aliphatic hydroxyl groups is 2. The molecule has 2 rings (SSSR count). The summed E-state index contributed by atoms with van der Waals surface area (Å²) in [6, 6.07) is 0. The van der Waals surface area contributed by atoms with Gasteiger partial charge in [0, 0.05) is 18.0 Å². The molecule has 74 valence electrons. The number of allylic oxidation sites excluding steroid dienone is 1. The Hall–Kier alpha value is -0.380.